The summed E-state index contributed by atoms with van der Waals surface area (Å²) in [5.74, 6) is -0.900. The summed E-state index contributed by atoms with van der Waals surface area (Å²) >= 11 is 0. The predicted octanol–water partition coefficient (Wildman–Crippen LogP) is 4.09. The number of amides is 1. The average Bonchev–Trinajstić information content (AvgIpc) is 3.29. The van der Waals surface area contributed by atoms with Crippen LogP contribution in [-0.2, 0) is 6.54 Å². The van der Waals surface area contributed by atoms with E-state index in [2.05, 4.69) is 10.3 Å². The van der Waals surface area contributed by atoms with E-state index in [9.17, 15) is 14.0 Å². The monoisotopic (exact) mass is 412 g/mol. The number of nitrogens with zero attached hydrogens (tertiary/aromatic N) is 3. The van der Waals surface area contributed by atoms with Crippen LogP contribution in [-0.4, -0.2) is 19.9 Å². The number of hydrogen-bond donors (Lipinski definition) is 1. The molecule has 0 radical (unpaired) electrons. The number of nitrogens with one attached hydrogen (secondary N) is 1. The fourth-order valence-electron chi connectivity index (χ4n) is 3.63. The summed E-state index contributed by atoms with van der Waals surface area (Å²) in [6.45, 7) is 0.309. The number of pyridine rings is 1. The maximum Gasteiger partial charge on any atom is 0.276 e. The maximum absolute atomic E-state index is 13.8. The zero-order valence-electron chi connectivity index (χ0n) is 16.3. The first-order valence-electron chi connectivity index (χ1n) is 9.71. The van der Waals surface area contributed by atoms with Crippen LogP contribution in [0.2, 0.25) is 0 Å². The molecule has 0 aliphatic carbocycles. The zero-order chi connectivity index (χ0) is 21.4. The highest BCUT2D eigenvalue weighted by Gasteiger charge is 2.13. The molecule has 7 heteroatoms. The van der Waals surface area contributed by atoms with Crippen LogP contribution in [0.25, 0.3) is 16.7 Å². The third-order valence-corrected chi connectivity index (χ3v) is 5.17. The summed E-state index contributed by atoms with van der Waals surface area (Å²) in [5, 5.41) is 2.56. The van der Waals surface area contributed by atoms with Gasteiger partial charge in [0.25, 0.3) is 11.5 Å². The third-order valence-electron chi connectivity index (χ3n) is 5.17. The standard InChI is InChI=1S/C24H17FN4O2/c25-18-5-1-2-6-19(18)27-23(30)17-11-9-16(10-12-17)15-29-22-20(7-3-13-26-22)28-14-4-8-21(28)24(29)31/h1-14H,15H2,(H,27,30). The van der Waals surface area contributed by atoms with E-state index in [1.807, 2.05) is 28.8 Å². The van der Waals surface area contributed by atoms with E-state index in [-0.39, 0.29) is 11.2 Å². The van der Waals surface area contributed by atoms with Crippen LogP contribution < -0.4 is 10.9 Å². The van der Waals surface area contributed by atoms with Gasteiger partial charge in [-0.3, -0.25) is 14.2 Å². The average molecular weight is 412 g/mol. The van der Waals surface area contributed by atoms with E-state index in [0.717, 1.165) is 11.1 Å². The summed E-state index contributed by atoms with van der Waals surface area (Å²) in [6, 6.07) is 20.2. The van der Waals surface area contributed by atoms with Crippen LogP contribution in [0.15, 0.2) is 90.0 Å². The Hall–Kier alpha value is -4.26. The topological polar surface area (TPSA) is 68.4 Å². The molecule has 0 saturated heterocycles. The molecule has 0 aliphatic rings. The molecule has 0 saturated carbocycles. The van der Waals surface area contributed by atoms with Gasteiger partial charge < -0.3 is 9.72 Å². The number of carbonyl (C=O) groups excluding carboxylic acids is 1. The number of para-hydroxylation sites is 1. The van der Waals surface area contributed by atoms with Gasteiger partial charge in [-0.15, -0.1) is 0 Å². The Kier molecular flexibility index (Phi) is 4.55. The lowest BCUT2D eigenvalue weighted by molar-refractivity contribution is 0.102. The molecule has 5 aromatic rings. The van der Waals surface area contributed by atoms with Gasteiger partial charge in [0.15, 0.2) is 5.65 Å². The highest BCUT2D eigenvalue weighted by molar-refractivity contribution is 6.04. The predicted molar refractivity (Wildman–Crippen MR) is 117 cm³/mol. The molecule has 0 spiro atoms. The van der Waals surface area contributed by atoms with E-state index in [1.165, 1.54) is 12.1 Å². The Labute approximate surface area is 176 Å². The minimum Gasteiger partial charge on any atom is -0.319 e. The SMILES string of the molecule is O=C(Nc1ccccc1F)c1ccc(Cn2c(=O)c3cccn3c3cccnc32)cc1. The minimum absolute atomic E-state index is 0.126. The molecular formula is C24H17FN4O2. The molecule has 5 rings (SSSR count). The molecule has 6 nitrogen and oxygen atoms in total. The molecule has 152 valence electrons. The maximum atomic E-state index is 13.8. The van der Waals surface area contributed by atoms with E-state index < -0.39 is 11.7 Å². The van der Waals surface area contributed by atoms with Gasteiger partial charge in [0, 0.05) is 18.0 Å². The fourth-order valence-corrected chi connectivity index (χ4v) is 3.63. The Bertz CT molecular complexity index is 1490. The molecule has 3 heterocycles. The Morgan fingerprint density at radius 1 is 0.935 bits per heavy atom. The Morgan fingerprint density at radius 2 is 1.71 bits per heavy atom. The first-order valence-corrected chi connectivity index (χ1v) is 9.71. The summed E-state index contributed by atoms with van der Waals surface area (Å²) in [6.07, 6.45) is 3.50. The van der Waals surface area contributed by atoms with Crippen LogP contribution in [0.1, 0.15) is 15.9 Å². The van der Waals surface area contributed by atoms with E-state index in [0.29, 0.717) is 23.3 Å². The number of hydrogen-bond acceptors (Lipinski definition) is 3. The van der Waals surface area contributed by atoms with Gasteiger partial charge in [-0.25, -0.2) is 9.37 Å². The summed E-state index contributed by atoms with van der Waals surface area (Å²) in [5.41, 5.74) is 3.21. The van der Waals surface area contributed by atoms with Crippen molar-refractivity contribution in [1.82, 2.24) is 14.0 Å². The molecule has 1 N–H and O–H groups in total. The fraction of sp³-hybridized carbons (Fsp3) is 0.0417. The molecule has 2 aromatic carbocycles. The molecule has 0 aliphatic heterocycles. The Morgan fingerprint density at radius 3 is 2.52 bits per heavy atom. The van der Waals surface area contributed by atoms with Crippen molar-refractivity contribution in [3.63, 3.8) is 0 Å². The second kappa shape index (κ2) is 7.53. The van der Waals surface area contributed by atoms with Crippen molar-refractivity contribution < 1.29 is 9.18 Å². The highest BCUT2D eigenvalue weighted by Crippen LogP contribution is 2.16. The van der Waals surface area contributed by atoms with Crippen LogP contribution >= 0.6 is 0 Å². The van der Waals surface area contributed by atoms with E-state index in [4.69, 9.17) is 0 Å². The number of rotatable bonds is 4. The number of carbonyl (C=O) groups is 1. The number of anilines is 1. The molecule has 1 amide bonds. The van der Waals surface area contributed by atoms with Crippen LogP contribution in [0.4, 0.5) is 10.1 Å². The van der Waals surface area contributed by atoms with Crippen molar-refractivity contribution in [2.45, 2.75) is 6.54 Å². The number of benzene rings is 2. The zero-order valence-corrected chi connectivity index (χ0v) is 16.3. The second-order valence-corrected chi connectivity index (χ2v) is 7.13. The van der Waals surface area contributed by atoms with Crippen LogP contribution in [0.3, 0.4) is 0 Å². The minimum atomic E-state index is -0.494. The van der Waals surface area contributed by atoms with Crippen molar-refractivity contribution in [2.24, 2.45) is 0 Å². The van der Waals surface area contributed by atoms with Gasteiger partial charge in [-0.05, 0) is 54.1 Å². The van der Waals surface area contributed by atoms with E-state index >= 15 is 0 Å². The number of fused-ring (bicyclic) bond motifs is 3. The summed E-state index contributed by atoms with van der Waals surface area (Å²) < 4.78 is 17.2. The molecule has 0 unspecified atom stereocenters. The summed E-state index contributed by atoms with van der Waals surface area (Å²) in [4.78, 5) is 29.9. The van der Waals surface area contributed by atoms with Gasteiger partial charge in [0.1, 0.15) is 11.3 Å². The third kappa shape index (κ3) is 3.36. The molecule has 0 bridgehead atoms. The molecular weight excluding hydrogens is 395 g/mol. The van der Waals surface area contributed by atoms with Gasteiger partial charge in [-0.1, -0.05) is 24.3 Å². The first-order chi connectivity index (χ1) is 15.1. The lowest BCUT2D eigenvalue weighted by Gasteiger charge is -2.12. The van der Waals surface area contributed by atoms with Crippen molar-refractivity contribution >= 4 is 28.3 Å². The van der Waals surface area contributed by atoms with Gasteiger partial charge in [0.2, 0.25) is 0 Å². The molecule has 31 heavy (non-hydrogen) atoms. The quantitative estimate of drug-likeness (QED) is 0.484. The van der Waals surface area contributed by atoms with Crippen LogP contribution in [0.5, 0.6) is 0 Å². The van der Waals surface area contributed by atoms with Gasteiger partial charge >= 0.3 is 0 Å². The normalized spacial score (nSPS) is 11.1. The molecule has 0 atom stereocenters. The Balaban J connectivity index is 1.45. The van der Waals surface area contributed by atoms with E-state index in [1.54, 1.807) is 53.2 Å². The molecule has 3 aromatic heterocycles. The number of aromatic nitrogens is 3. The lowest BCUT2D eigenvalue weighted by atomic mass is 10.1. The highest BCUT2D eigenvalue weighted by atomic mass is 19.1. The second-order valence-electron chi connectivity index (χ2n) is 7.13. The smallest absolute Gasteiger partial charge is 0.276 e. The van der Waals surface area contributed by atoms with Gasteiger partial charge in [0.05, 0.1) is 17.7 Å². The van der Waals surface area contributed by atoms with Crippen molar-refractivity contribution in [3.05, 3.63) is 112 Å². The molecule has 0 fully saturated rings. The van der Waals surface area contributed by atoms with Crippen molar-refractivity contribution in [3.8, 4) is 0 Å². The van der Waals surface area contributed by atoms with Gasteiger partial charge in [-0.2, -0.15) is 0 Å². The summed E-state index contributed by atoms with van der Waals surface area (Å²) in [7, 11) is 0. The largest absolute Gasteiger partial charge is 0.319 e. The number of halogens is 1. The first kappa shape index (κ1) is 18.7. The lowest BCUT2D eigenvalue weighted by Crippen LogP contribution is -2.24. The van der Waals surface area contributed by atoms with Crippen molar-refractivity contribution in [1.29, 1.82) is 0 Å². The van der Waals surface area contributed by atoms with Crippen LogP contribution in [0, 0.1) is 5.82 Å². The van der Waals surface area contributed by atoms with Crippen molar-refractivity contribution in [2.75, 3.05) is 5.32 Å².